The van der Waals surface area contributed by atoms with E-state index in [0.717, 1.165) is 12.2 Å². The first kappa shape index (κ1) is 14.6. The summed E-state index contributed by atoms with van der Waals surface area (Å²) >= 11 is 0. The second kappa shape index (κ2) is 7.11. The maximum Gasteiger partial charge on any atom is 0.122 e. The van der Waals surface area contributed by atoms with E-state index in [9.17, 15) is 0 Å². The Morgan fingerprint density at radius 1 is 1.00 bits per heavy atom. The fourth-order valence-electron chi connectivity index (χ4n) is 2.51. The lowest BCUT2D eigenvalue weighted by atomic mass is 10.0. The molecule has 0 aliphatic heterocycles. The van der Waals surface area contributed by atoms with E-state index in [1.54, 1.807) is 0 Å². The highest BCUT2D eigenvalue weighted by Gasteiger charge is 2.19. The Labute approximate surface area is 121 Å². The summed E-state index contributed by atoms with van der Waals surface area (Å²) in [7, 11) is 1.98. The van der Waals surface area contributed by atoms with Gasteiger partial charge in [-0.25, -0.2) is 0 Å². The summed E-state index contributed by atoms with van der Waals surface area (Å²) in [6, 6.07) is 18.9. The number of ether oxygens (including phenoxy) is 1. The van der Waals surface area contributed by atoms with Crippen molar-refractivity contribution in [3.8, 4) is 5.75 Å². The van der Waals surface area contributed by atoms with Crippen molar-refractivity contribution in [1.29, 1.82) is 0 Å². The lowest BCUT2D eigenvalue weighted by molar-refractivity contribution is 0.174. The van der Waals surface area contributed by atoms with Crippen LogP contribution in [-0.4, -0.2) is 13.2 Å². The maximum absolute atomic E-state index is 6.18. The van der Waals surface area contributed by atoms with Gasteiger partial charge in [0, 0.05) is 0 Å². The molecule has 0 saturated carbocycles. The van der Waals surface area contributed by atoms with E-state index < -0.39 is 0 Å². The molecule has 2 nitrogen and oxygen atoms in total. The van der Waals surface area contributed by atoms with E-state index in [4.69, 9.17) is 4.74 Å². The van der Waals surface area contributed by atoms with E-state index in [1.807, 2.05) is 25.2 Å². The second-order valence-corrected chi connectivity index (χ2v) is 4.96. The van der Waals surface area contributed by atoms with Gasteiger partial charge in [-0.2, -0.15) is 0 Å². The average molecular weight is 269 g/mol. The lowest BCUT2D eigenvalue weighted by Gasteiger charge is -2.26. The van der Waals surface area contributed by atoms with Crippen LogP contribution in [0.25, 0.3) is 0 Å². The third kappa shape index (κ3) is 3.40. The standard InChI is InChI=1S/C18H23NO/c1-4-15-10-8-9-13-17(15)20-14(2)18(19-3)16-11-6-5-7-12-16/h5-14,18-19H,4H2,1-3H3. The molecule has 106 valence electrons. The topological polar surface area (TPSA) is 21.3 Å². The zero-order valence-corrected chi connectivity index (χ0v) is 12.5. The van der Waals surface area contributed by atoms with Crippen molar-refractivity contribution in [2.45, 2.75) is 32.4 Å². The Hall–Kier alpha value is -1.80. The minimum absolute atomic E-state index is 0.0649. The molecule has 1 N–H and O–H groups in total. The third-order valence-corrected chi connectivity index (χ3v) is 3.61. The van der Waals surface area contributed by atoms with Crippen molar-refractivity contribution in [2.24, 2.45) is 0 Å². The van der Waals surface area contributed by atoms with Crippen LogP contribution in [0, 0.1) is 0 Å². The van der Waals surface area contributed by atoms with E-state index in [0.29, 0.717) is 0 Å². The number of likely N-dealkylation sites (N-methyl/N-ethyl adjacent to an activating group) is 1. The molecular weight excluding hydrogens is 246 g/mol. The molecule has 2 unspecified atom stereocenters. The summed E-state index contributed by atoms with van der Waals surface area (Å²) in [6.45, 7) is 4.26. The van der Waals surface area contributed by atoms with Crippen LogP contribution in [0.15, 0.2) is 54.6 Å². The highest BCUT2D eigenvalue weighted by Crippen LogP contribution is 2.24. The SMILES string of the molecule is CCc1ccccc1OC(C)C(NC)c1ccccc1. The van der Waals surface area contributed by atoms with Gasteiger partial charge >= 0.3 is 0 Å². The van der Waals surface area contributed by atoms with Crippen LogP contribution in [0.5, 0.6) is 5.75 Å². The van der Waals surface area contributed by atoms with E-state index in [2.05, 4.69) is 55.6 Å². The number of aryl methyl sites for hydroxylation is 1. The number of hydrogen-bond donors (Lipinski definition) is 1. The quantitative estimate of drug-likeness (QED) is 0.856. The number of benzene rings is 2. The zero-order chi connectivity index (χ0) is 14.4. The minimum atomic E-state index is 0.0649. The predicted molar refractivity (Wildman–Crippen MR) is 84.2 cm³/mol. The number of para-hydroxylation sites is 1. The Morgan fingerprint density at radius 2 is 1.65 bits per heavy atom. The molecule has 0 radical (unpaired) electrons. The zero-order valence-electron chi connectivity index (χ0n) is 12.5. The van der Waals surface area contributed by atoms with Gasteiger partial charge in [0.15, 0.2) is 0 Å². The van der Waals surface area contributed by atoms with Crippen LogP contribution in [0.4, 0.5) is 0 Å². The van der Waals surface area contributed by atoms with Gasteiger partial charge in [0.1, 0.15) is 11.9 Å². The van der Waals surface area contributed by atoms with E-state index in [-0.39, 0.29) is 12.1 Å². The molecule has 20 heavy (non-hydrogen) atoms. The molecule has 0 spiro atoms. The molecule has 0 aliphatic carbocycles. The van der Waals surface area contributed by atoms with Gasteiger partial charge in [0.2, 0.25) is 0 Å². The Balaban J connectivity index is 2.15. The molecule has 0 heterocycles. The third-order valence-electron chi connectivity index (χ3n) is 3.61. The molecule has 0 saturated heterocycles. The fraction of sp³-hybridized carbons (Fsp3) is 0.333. The maximum atomic E-state index is 6.18. The minimum Gasteiger partial charge on any atom is -0.488 e. The molecule has 0 fully saturated rings. The second-order valence-electron chi connectivity index (χ2n) is 4.96. The smallest absolute Gasteiger partial charge is 0.122 e. The summed E-state index contributed by atoms with van der Waals surface area (Å²) < 4.78 is 6.18. The van der Waals surface area contributed by atoms with Gasteiger partial charge in [0.05, 0.1) is 6.04 Å². The van der Waals surface area contributed by atoms with Crippen molar-refractivity contribution in [3.63, 3.8) is 0 Å². The number of nitrogens with one attached hydrogen (secondary N) is 1. The predicted octanol–water partition coefficient (Wildman–Crippen LogP) is 3.98. The Kier molecular flexibility index (Phi) is 5.19. The molecule has 0 amide bonds. The highest BCUT2D eigenvalue weighted by atomic mass is 16.5. The summed E-state index contributed by atoms with van der Waals surface area (Å²) in [5, 5.41) is 3.35. The van der Waals surface area contributed by atoms with Crippen molar-refractivity contribution in [1.82, 2.24) is 5.32 Å². The first-order valence-electron chi connectivity index (χ1n) is 7.23. The molecule has 2 heteroatoms. The molecule has 0 aromatic heterocycles. The number of rotatable bonds is 6. The number of hydrogen-bond acceptors (Lipinski definition) is 2. The molecular formula is C18H23NO. The van der Waals surface area contributed by atoms with Crippen molar-refractivity contribution >= 4 is 0 Å². The molecule has 2 aromatic rings. The van der Waals surface area contributed by atoms with Crippen molar-refractivity contribution in [3.05, 3.63) is 65.7 Å². The Bertz CT molecular complexity index is 524. The summed E-state index contributed by atoms with van der Waals surface area (Å²) in [5.41, 5.74) is 2.50. The van der Waals surface area contributed by atoms with E-state index >= 15 is 0 Å². The normalized spacial score (nSPS) is 13.8. The Morgan fingerprint density at radius 3 is 2.30 bits per heavy atom. The van der Waals surface area contributed by atoms with Gasteiger partial charge in [-0.3, -0.25) is 0 Å². The summed E-state index contributed by atoms with van der Waals surface area (Å²) in [5.74, 6) is 0.985. The fourth-order valence-corrected chi connectivity index (χ4v) is 2.51. The van der Waals surface area contributed by atoms with Crippen LogP contribution in [0.3, 0.4) is 0 Å². The van der Waals surface area contributed by atoms with Crippen LogP contribution < -0.4 is 10.1 Å². The molecule has 2 rings (SSSR count). The lowest BCUT2D eigenvalue weighted by Crippen LogP contribution is -2.31. The van der Waals surface area contributed by atoms with Gasteiger partial charge in [0.25, 0.3) is 0 Å². The molecule has 0 aliphatic rings. The van der Waals surface area contributed by atoms with Crippen LogP contribution >= 0.6 is 0 Å². The largest absolute Gasteiger partial charge is 0.488 e. The van der Waals surface area contributed by atoms with Gasteiger partial charge in [-0.15, -0.1) is 0 Å². The molecule has 2 atom stereocenters. The van der Waals surface area contributed by atoms with E-state index in [1.165, 1.54) is 11.1 Å². The molecule has 0 bridgehead atoms. The van der Waals surface area contributed by atoms with Gasteiger partial charge in [-0.05, 0) is 37.6 Å². The highest BCUT2D eigenvalue weighted by molar-refractivity contribution is 5.33. The monoisotopic (exact) mass is 269 g/mol. The van der Waals surface area contributed by atoms with Crippen molar-refractivity contribution < 1.29 is 4.74 Å². The van der Waals surface area contributed by atoms with Gasteiger partial charge in [-0.1, -0.05) is 55.5 Å². The molecule has 2 aromatic carbocycles. The van der Waals surface area contributed by atoms with Crippen LogP contribution in [0.1, 0.15) is 31.0 Å². The van der Waals surface area contributed by atoms with Gasteiger partial charge < -0.3 is 10.1 Å². The van der Waals surface area contributed by atoms with Crippen molar-refractivity contribution in [2.75, 3.05) is 7.05 Å². The summed E-state index contributed by atoms with van der Waals surface area (Å²) in [6.07, 6.45) is 1.05. The van der Waals surface area contributed by atoms with Crippen LogP contribution in [0.2, 0.25) is 0 Å². The first-order valence-corrected chi connectivity index (χ1v) is 7.23. The summed E-state index contributed by atoms with van der Waals surface area (Å²) in [4.78, 5) is 0. The average Bonchev–Trinajstić information content (AvgIpc) is 2.49. The van der Waals surface area contributed by atoms with Crippen LogP contribution in [-0.2, 0) is 6.42 Å². The first-order chi connectivity index (χ1) is 9.76.